The van der Waals surface area contributed by atoms with Gasteiger partial charge in [0, 0.05) is 23.6 Å². The molecule has 30 heavy (non-hydrogen) atoms. The first-order valence-electron chi connectivity index (χ1n) is 9.11. The Hall–Kier alpha value is -4.39. The molecule has 0 aliphatic carbocycles. The van der Waals surface area contributed by atoms with Gasteiger partial charge in [0.05, 0.1) is 12.5 Å². The van der Waals surface area contributed by atoms with Gasteiger partial charge < -0.3 is 13.7 Å². The summed E-state index contributed by atoms with van der Waals surface area (Å²) in [6, 6.07) is 20.9. The van der Waals surface area contributed by atoms with E-state index in [4.69, 9.17) is 9.15 Å². The van der Waals surface area contributed by atoms with Crippen molar-refractivity contribution in [3.05, 3.63) is 108 Å². The van der Waals surface area contributed by atoms with Gasteiger partial charge in [-0.05, 0) is 78.4 Å². The summed E-state index contributed by atoms with van der Waals surface area (Å²) in [5.41, 5.74) is 4.69. The fraction of sp³-hybridized carbons (Fsp3) is 0. The van der Waals surface area contributed by atoms with Crippen molar-refractivity contribution in [2.24, 2.45) is 5.10 Å². The van der Waals surface area contributed by atoms with Gasteiger partial charge in [0.25, 0.3) is 5.91 Å². The molecule has 0 aliphatic rings. The molecule has 0 aliphatic heterocycles. The summed E-state index contributed by atoms with van der Waals surface area (Å²) in [7, 11) is 0. The van der Waals surface area contributed by atoms with E-state index >= 15 is 0 Å². The molecule has 0 radical (unpaired) electrons. The van der Waals surface area contributed by atoms with Crippen molar-refractivity contribution in [2.45, 2.75) is 0 Å². The van der Waals surface area contributed by atoms with Crippen LogP contribution in [0.2, 0.25) is 0 Å². The normalized spacial score (nSPS) is 10.8. The minimum absolute atomic E-state index is 0.129. The highest BCUT2D eigenvalue weighted by Gasteiger charge is 2.11. The number of amides is 1. The molecule has 0 spiro atoms. The average Bonchev–Trinajstić information content (AvgIpc) is 3.49. The predicted molar refractivity (Wildman–Crippen MR) is 111 cm³/mol. The van der Waals surface area contributed by atoms with E-state index in [1.807, 2.05) is 41.2 Å². The van der Waals surface area contributed by atoms with E-state index in [1.165, 1.54) is 18.5 Å². The largest absolute Gasteiger partial charge is 0.457 e. The molecule has 1 N–H and O–H groups in total. The number of aromatic nitrogens is 1. The maximum absolute atomic E-state index is 12.2. The molecule has 4 rings (SSSR count). The Labute approximate surface area is 172 Å². The zero-order valence-electron chi connectivity index (χ0n) is 15.8. The molecule has 0 atom stereocenters. The molecule has 0 bridgehead atoms. The smallest absolute Gasteiger partial charge is 0.379 e. The third kappa shape index (κ3) is 4.53. The number of carbonyl (C=O) groups is 2. The lowest BCUT2D eigenvalue weighted by molar-refractivity contribution is 0.0701. The van der Waals surface area contributed by atoms with Crippen LogP contribution in [0, 0.1) is 0 Å². The standard InChI is InChI=1S/C23H17N3O4/c27-22(18-7-9-19(10-8-18)26-13-1-2-14-26)25-24-16-17-5-11-20(12-6-17)30-23(28)21-4-3-15-29-21/h1-16H,(H,25,27). The van der Waals surface area contributed by atoms with Crippen molar-refractivity contribution in [3.63, 3.8) is 0 Å². The van der Waals surface area contributed by atoms with E-state index in [2.05, 4.69) is 10.5 Å². The number of hydrazone groups is 1. The van der Waals surface area contributed by atoms with Gasteiger partial charge in [0.15, 0.2) is 0 Å². The first-order valence-corrected chi connectivity index (χ1v) is 9.11. The highest BCUT2D eigenvalue weighted by atomic mass is 16.5. The number of benzene rings is 2. The summed E-state index contributed by atoms with van der Waals surface area (Å²) in [5.74, 6) is -0.379. The fourth-order valence-electron chi connectivity index (χ4n) is 2.70. The zero-order chi connectivity index (χ0) is 20.8. The number of furan rings is 1. The van der Waals surface area contributed by atoms with Crippen molar-refractivity contribution in [1.29, 1.82) is 0 Å². The van der Waals surface area contributed by atoms with Crippen LogP contribution < -0.4 is 10.2 Å². The van der Waals surface area contributed by atoms with Crippen LogP contribution in [0.3, 0.4) is 0 Å². The molecule has 0 fully saturated rings. The van der Waals surface area contributed by atoms with Gasteiger partial charge in [-0.2, -0.15) is 5.10 Å². The molecule has 148 valence electrons. The molecular formula is C23H17N3O4. The molecule has 1 amide bonds. The van der Waals surface area contributed by atoms with E-state index in [0.29, 0.717) is 11.3 Å². The summed E-state index contributed by atoms with van der Waals surface area (Å²) < 4.78 is 12.1. The lowest BCUT2D eigenvalue weighted by Crippen LogP contribution is -2.17. The van der Waals surface area contributed by atoms with Crippen LogP contribution in [0.1, 0.15) is 26.5 Å². The van der Waals surface area contributed by atoms with Crippen LogP contribution in [-0.2, 0) is 0 Å². The molecule has 2 aromatic carbocycles. The third-order valence-corrected chi connectivity index (χ3v) is 4.22. The van der Waals surface area contributed by atoms with Gasteiger partial charge >= 0.3 is 5.97 Å². The van der Waals surface area contributed by atoms with E-state index in [1.54, 1.807) is 42.5 Å². The Kier molecular flexibility index (Phi) is 5.52. The minimum Gasteiger partial charge on any atom is -0.457 e. The van der Waals surface area contributed by atoms with Crippen molar-refractivity contribution < 1.29 is 18.7 Å². The number of nitrogens with zero attached hydrogens (tertiary/aromatic N) is 2. The molecule has 0 unspecified atom stereocenters. The number of hydrogen-bond donors (Lipinski definition) is 1. The van der Waals surface area contributed by atoms with Crippen LogP contribution in [0.4, 0.5) is 0 Å². The summed E-state index contributed by atoms with van der Waals surface area (Å²) in [5, 5.41) is 3.97. The first-order chi connectivity index (χ1) is 14.7. The highest BCUT2D eigenvalue weighted by Crippen LogP contribution is 2.14. The van der Waals surface area contributed by atoms with Crippen LogP contribution in [-0.4, -0.2) is 22.7 Å². The van der Waals surface area contributed by atoms with Gasteiger partial charge in [-0.25, -0.2) is 10.2 Å². The quantitative estimate of drug-likeness (QED) is 0.229. The second kappa shape index (κ2) is 8.74. The highest BCUT2D eigenvalue weighted by molar-refractivity contribution is 5.95. The maximum Gasteiger partial charge on any atom is 0.379 e. The molecule has 7 nitrogen and oxygen atoms in total. The second-order valence-corrected chi connectivity index (χ2v) is 6.27. The monoisotopic (exact) mass is 399 g/mol. The van der Waals surface area contributed by atoms with Crippen molar-refractivity contribution >= 4 is 18.1 Å². The number of esters is 1. The summed E-state index contributed by atoms with van der Waals surface area (Å²) in [4.78, 5) is 24.1. The van der Waals surface area contributed by atoms with Crippen LogP contribution in [0.15, 0.2) is 101 Å². The molecular weight excluding hydrogens is 382 g/mol. The zero-order valence-corrected chi connectivity index (χ0v) is 15.8. The van der Waals surface area contributed by atoms with Crippen LogP contribution in [0.5, 0.6) is 5.75 Å². The topological polar surface area (TPSA) is 85.8 Å². The minimum atomic E-state index is -0.573. The number of ether oxygens (including phenoxy) is 1. The van der Waals surface area contributed by atoms with Gasteiger partial charge in [0.1, 0.15) is 5.75 Å². The predicted octanol–water partition coefficient (Wildman–Crippen LogP) is 4.05. The Bertz CT molecular complexity index is 1140. The third-order valence-electron chi connectivity index (χ3n) is 4.22. The van der Waals surface area contributed by atoms with Crippen LogP contribution >= 0.6 is 0 Å². The SMILES string of the molecule is O=C(NN=Cc1ccc(OC(=O)c2ccco2)cc1)c1ccc(-n2cccc2)cc1. The van der Waals surface area contributed by atoms with E-state index < -0.39 is 5.97 Å². The van der Waals surface area contributed by atoms with Gasteiger partial charge in [0.2, 0.25) is 5.76 Å². The molecule has 7 heteroatoms. The van der Waals surface area contributed by atoms with Crippen LogP contribution in [0.25, 0.3) is 5.69 Å². The number of carbonyl (C=O) groups excluding carboxylic acids is 2. The van der Waals surface area contributed by atoms with E-state index in [-0.39, 0.29) is 11.7 Å². The fourth-order valence-corrected chi connectivity index (χ4v) is 2.70. The van der Waals surface area contributed by atoms with Crippen molar-refractivity contribution in [3.8, 4) is 11.4 Å². The first kappa shape index (κ1) is 18.9. The Morgan fingerprint density at radius 3 is 2.33 bits per heavy atom. The molecule has 4 aromatic rings. The lowest BCUT2D eigenvalue weighted by atomic mass is 10.2. The lowest BCUT2D eigenvalue weighted by Gasteiger charge is -2.04. The summed E-state index contributed by atoms with van der Waals surface area (Å²) >= 11 is 0. The average molecular weight is 399 g/mol. The summed E-state index contributed by atoms with van der Waals surface area (Å²) in [6.07, 6.45) is 6.77. The van der Waals surface area contributed by atoms with E-state index in [0.717, 1.165) is 11.3 Å². The Morgan fingerprint density at radius 2 is 1.67 bits per heavy atom. The molecule has 2 aromatic heterocycles. The Morgan fingerprint density at radius 1 is 0.933 bits per heavy atom. The number of hydrogen-bond acceptors (Lipinski definition) is 5. The van der Waals surface area contributed by atoms with Gasteiger partial charge in [-0.1, -0.05) is 0 Å². The van der Waals surface area contributed by atoms with Gasteiger partial charge in [-0.3, -0.25) is 4.79 Å². The number of nitrogens with one attached hydrogen (secondary N) is 1. The second-order valence-electron chi connectivity index (χ2n) is 6.27. The Balaban J connectivity index is 1.31. The summed E-state index contributed by atoms with van der Waals surface area (Å²) in [6.45, 7) is 0. The van der Waals surface area contributed by atoms with Crippen molar-refractivity contribution in [2.75, 3.05) is 0 Å². The van der Waals surface area contributed by atoms with Crippen molar-refractivity contribution in [1.82, 2.24) is 9.99 Å². The molecule has 2 heterocycles. The number of rotatable bonds is 6. The maximum atomic E-state index is 12.2. The molecule has 0 saturated carbocycles. The van der Waals surface area contributed by atoms with E-state index in [9.17, 15) is 9.59 Å². The van der Waals surface area contributed by atoms with Gasteiger partial charge in [-0.15, -0.1) is 0 Å². The molecule has 0 saturated heterocycles.